The van der Waals surface area contributed by atoms with E-state index in [0.29, 0.717) is 23.5 Å². The lowest BCUT2D eigenvalue weighted by molar-refractivity contribution is -0.133. The molecule has 1 amide bonds. The van der Waals surface area contributed by atoms with Crippen LogP contribution in [0.1, 0.15) is 54.7 Å². The summed E-state index contributed by atoms with van der Waals surface area (Å²) in [4.78, 5) is 32.7. The normalized spacial score (nSPS) is 30.6. The highest BCUT2D eigenvalue weighted by Gasteiger charge is 2.43. The predicted molar refractivity (Wildman–Crippen MR) is 106 cm³/mol. The molecular weight excluding hydrogens is 358 g/mol. The molecule has 0 radical (unpaired) electrons. The number of benzene rings is 1. The Morgan fingerprint density at radius 1 is 1.11 bits per heavy atom. The van der Waals surface area contributed by atoms with Gasteiger partial charge in [-0.2, -0.15) is 0 Å². The van der Waals surface area contributed by atoms with Crippen LogP contribution < -0.4 is 5.32 Å². The minimum Gasteiger partial charge on any atom is -0.331 e. The van der Waals surface area contributed by atoms with Crippen molar-refractivity contribution < 1.29 is 9.59 Å². The van der Waals surface area contributed by atoms with Gasteiger partial charge in [-0.05, 0) is 50.2 Å². The van der Waals surface area contributed by atoms with Crippen LogP contribution in [0.15, 0.2) is 24.3 Å². The van der Waals surface area contributed by atoms with E-state index in [0.717, 1.165) is 29.5 Å². The van der Waals surface area contributed by atoms with Gasteiger partial charge in [-0.3, -0.25) is 9.59 Å². The van der Waals surface area contributed by atoms with E-state index in [4.69, 9.17) is 0 Å². The van der Waals surface area contributed by atoms with E-state index < -0.39 is 0 Å². The SMILES string of the molecule is O=C(c1nc2ccccc2s1)C1CCCN1C(=O)C1CC2CCCCC2N1. The van der Waals surface area contributed by atoms with Crippen LogP contribution in [0, 0.1) is 5.92 Å². The second-order valence-corrected chi connectivity index (χ2v) is 9.18. The van der Waals surface area contributed by atoms with Gasteiger partial charge in [0.1, 0.15) is 0 Å². The summed E-state index contributed by atoms with van der Waals surface area (Å²) in [5.74, 6) is 0.771. The van der Waals surface area contributed by atoms with Crippen molar-refractivity contribution in [1.29, 1.82) is 0 Å². The number of nitrogens with one attached hydrogen (secondary N) is 1. The Morgan fingerprint density at radius 3 is 2.81 bits per heavy atom. The van der Waals surface area contributed by atoms with Crippen molar-refractivity contribution in [3.63, 3.8) is 0 Å². The van der Waals surface area contributed by atoms with Crippen LogP contribution in [-0.2, 0) is 4.79 Å². The molecule has 2 aromatic rings. The number of hydrogen-bond donors (Lipinski definition) is 1. The number of carbonyl (C=O) groups excluding carboxylic acids is 2. The van der Waals surface area contributed by atoms with Crippen molar-refractivity contribution in [2.75, 3.05) is 6.54 Å². The molecule has 0 bridgehead atoms. The molecule has 2 saturated heterocycles. The zero-order valence-corrected chi connectivity index (χ0v) is 16.2. The predicted octanol–water partition coefficient (Wildman–Crippen LogP) is 3.39. The Kier molecular flexibility index (Phi) is 4.48. The summed E-state index contributed by atoms with van der Waals surface area (Å²) in [6.07, 6.45) is 7.54. The van der Waals surface area contributed by atoms with Crippen molar-refractivity contribution in [3.05, 3.63) is 29.3 Å². The first kappa shape index (κ1) is 17.3. The maximum atomic E-state index is 13.2. The second kappa shape index (κ2) is 6.99. The quantitative estimate of drug-likeness (QED) is 0.826. The first-order valence-electron chi connectivity index (χ1n) is 10.2. The zero-order chi connectivity index (χ0) is 18.4. The van der Waals surface area contributed by atoms with Gasteiger partial charge in [0.2, 0.25) is 11.7 Å². The van der Waals surface area contributed by atoms with Crippen LogP contribution in [0.4, 0.5) is 0 Å². The second-order valence-electron chi connectivity index (χ2n) is 8.15. The van der Waals surface area contributed by atoms with E-state index in [-0.39, 0.29) is 23.8 Å². The summed E-state index contributed by atoms with van der Waals surface area (Å²) < 4.78 is 1.03. The molecule has 3 fully saturated rings. The number of aromatic nitrogens is 1. The molecule has 2 aliphatic heterocycles. The molecule has 1 aromatic heterocycles. The van der Waals surface area contributed by atoms with Crippen molar-refractivity contribution in [2.24, 2.45) is 5.92 Å². The van der Waals surface area contributed by atoms with Gasteiger partial charge in [0.25, 0.3) is 0 Å². The average Bonchev–Trinajstić information content (AvgIpc) is 3.43. The Bertz CT molecular complexity index is 832. The first-order valence-corrected chi connectivity index (χ1v) is 11.0. The molecule has 6 heteroatoms. The van der Waals surface area contributed by atoms with Gasteiger partial charge in [-0.15, -0.1) is 11.3 Å². The van der Waals surface area contributed by atoms with Gasteiger partial charge in [0.05, 0.1) is 22.3 Å². The number of amides is 1. The standard InChI is InChI=1S/C21H25N3O2S/c25-19(20-23-15-8-3-4-10-18(15)27-20)17-9-5-11-24(17)21(26)16-12-13-6-1-2-7-14(13)22-16/h3-4,8,10,13-14,16-17,22H,1-2,5-7,9,11-12H2. The molecule has 0 spiro atoms. The largest absolute Gasteiger partial charge is 0.331 e. The van der Waals surface area contributed by atoms with Gasteiger partial charge >= 0.3 is 0 Å². The molecule has 1 saturated carbocycles. The summed E-state index contributed by atoms with van der Waals surface area (Å²) in [5, 5.41) is 4.11. The highest BCUT2D eigenvalue weighted by Crippen LogP contribution is 2.35. The first-order chi connectivity index (χ1) is 13.2. The maximum absolute atomic E-state index is 13.2. The summed E-state index contributed by atoms with van der Waals surface area (Å²) >= 11 is 1.44. The van der Waals surface area contributed by atoms with Crippen molar-refractivity contribution in [1.82, 2.24) is 15.2 Å². The van der Waals surface area contributed by atoms with E-state index in [1.165, 1.54) is 37.0 Å². The molecule has 3 heterocycles. The highest BCUT2D eigenvalue weighted by atomic mass is 32.1. The maximum Gasteiger partial charge on any atom is 0.240 e. The van der Waals surface area contributed by atoms with E-state index >= 15 is 0 Å². The lowest BCUT2D eigenvalue weighted by Gasteiger charge is -2.26. The Labute approximate surface area is 163 Å². The molecule has 27 heavy (non-hydrogen) atoms. The lowest BCUT2D eigenvalue weighted by Crippen LogP contribution is -2.49. The minimum absolute atomic E-state index is 0.0115. The molecule has 5 nitrogen and oxygen atoms in total. The number of para-hydroxylation sites is 1. The molecular formula is C21H25N3O2S. The molecule has 5 rings (SSSR count). The molecule has 4 atom stereocenters. The molecule has 4 unspecified atom stereocenters. The number of hydrogen-bond acceptors (Lipinski definition) is 5. The Morgan fingerprint density at radius 2 is 1.96 bits per heavy atom. The van der Waals surface area contributed by atoms with Crippen molar-refractivity contribution in [2.45, 2.75) is 63.1 Å². The average molecular weight is 384 g/mol. The zero-order valence-electron chi connectivity index (χ0n) is 15.4. The third-order valence-electron chi connectivity index (χ3n) is 6.50. The number of nitrogens with zero attached hydrogens (tertiary/aromatic N) is 2. The molecule has 1 aromatic carbocycles. The van der Waals surface area contributed by atoms with Crippen molar-refractivity contribution in [3.8, 4) is 0 Å². The lowest BCUT2D eigenvalue weighted by atomic mass is 9.85. The number of rotatable bonds is 3. The third-order valence-corrected chi connectivity index (χ3v) is 7.56. The van der Waals surface area contributed by atoms with Crippen LogP contribution in [-0.4, -0.2) is 46.2 Å². The van der Waals surface area contributed by atoms with Gasteiger partial charge in [-0.25, -0.2) is 4.98 Å². The van der Waals surface area contributed by atoms with Gasteiger partial charge in [0, 0.05) is 12.6 Å². The third kappa shape index (κ3) is 3.09. The van der Waals surface area contributed by atoms with E-state index in [9.17, 15) is 9.59 Å². The fourth-order valence-corrected chi connectivity index (χ4v) is 6.09. The van der Waals surface area contributed by atoms with Crippen molar-refractivity contribution >= 4 is 33.2 Å². The van der Waals surface area contributed by atoms with Crippen LogP contribution in [0.25, 0.3) is 10.2 Å². The molecule has 1 N–H and O–H groups in total. The Hall–Kier alpha value is -1.79. The Balaban J connectivity index is 1.33. The fourth-order valence-electron chi connectivity index (χ4n) is 5.13. The number of Topliss-reactive ketones (excluding diaryl/α,β-unsaturated/α-hetero) is 1. The fraction of sp³-hybridized carbons (Fsp3) is 0.571. The summed E-state index contributed by atoms with van der Waals surface area (Å²) in [6.45, 7) is 0.688. The van der Waals surface area contributed by atoms with E-state index in [1.807, 2.05) is 29.2 Å². The monoisotopic (exact) mass is 383 g/mol. The van der Waals surface area contributed by atoms with E-state index in [1.54, 1.807) is 0 Å². The summed E-state index contributed by atoms with van der Waals surface area (Å²) in [6, 6.07) is 7.87. The van der Waals surface area contributed by atoms with Gasteiger partial charge < -0.3 is 10.2 Å². The summed E-state index contributed by atoms with van der Waals surface area (Å²) in [5.41, 5.74) is 0.864. The number of likely N-dealkylation sites (tertiary alicyclic amines) is 1. The molecule has 1 aliphatic carbocycles. The van der Waals surface area contributed by atoms with Crippen LogP contribution >= 0.6 is 11.3 Å². The summed E-state index contributed by atoms with van der Waals surface area (Å²) in [7, 11) is 0. The smallest absolute Gasteiger partial charge is 0.240 e. The van der Waals surface area contributed by atoms with E-state index in [2.05, 4.69) is 10.3 Å². The minimum atomic E-state index is -0.345. The highest BCUT2D eigenvalue weighted by molar-refractivity contribution is 7.20. The number of carbonyl (C=O) groups is 2. The van der Waals surface area contributed by atoms with Gasteiger partial charge in [0.15, 0.2) is 5.01 Å². The van der Waals surface area contributed by atoms with Gasteiger partial charge in [-0.1, -0.05) is 25.0 Å². The molecule has 142 valence electrons. The number of fused-ring (bicyclic) bond motifs is 2. The van der Waals surface area contributed by atoms with Crippen LogP contribution in [0.3, 0.4) is 0 Å². The number of ketones is 1. The topological polar surface area (TPSA) is 62.3 Å². The van der Waals surface area contributed by atoms with Crippen LogP contribution in [0.2, 0.25) is 0 Å². The van der Waals surface area contributed by atoms with Crippen LogP contribution in [0.5, 0.6) is 0 Å². The molecule has 3 aliphatic rings. The number of thiazole rings is 1.